The molecule has 1 aromatic rings. The summed E-state index contributed by atoms with van der Waals surface area (Å²) in [6.07, 6.45) is -1.04. The van der Waals surface area contributed by atoms with Gasteiger partial charge in [-0.25, -0.2) is 4.79 Å². The van der Waals surface area contributed by atoms with Crippen molar-refractivity contribution < 1.29 is 24.1 Å². The van der Waals surface area contributed by atoms with Crippen LogP contribution in [0.15, 0.2) is 24.3 Å². The number of aliphatic carboxylic acids is 1. The Morgan fingerprint density at radius 2 is 2.00 bits per heavy atom. The molecule has 1 N–H and O–H groups in total. The Morgan fingerprint density at radius 3 is 2.53 bits per heavy atom. The second kappa shape index (κ2) is 6.75. The van der Waals surface area contributed by atoms with Crippen LogP contribution in [-0.2, 0) is 9.53 Å². The largest absolute Gasteiger partial charge is 0.490 e. The van der Waals surface area contributed by atoms with Crippen molar-refractivity contribution in [1.82, 2.24) is 0 Å². The van der Waals surface area contributed by atoms with Crippen molar-refractivity contribution in [2.45, 2.75) is 13.0 Å². The summed E-state index contributed by atoms with van der Waals surface area (Å²) < 4.78 is 15.5. The van der Waals surface area contributed by atoms with E-state index in [1.54, 1.807) is 24.3 Å². The molecule has 0 heterocycles. The summed E-state index contributed by atoms with van der Waals surface area (Å²) in [5.41, 5.74) is 0. The summed E-state index contributed by atoms with van der Waals surface area (Å²) in [6.45, 7) is 2.32. The number of hydrogen-bond donors (Lipinski definition) is 1. The molecule has 0 aromatic heterocycles. The molecular formula is C12H16O5. The van der Waals surface area contributed by atoms with Crippen LogP contribution in [0, 0.1) is 0 Å². The van der Waals surface area contributed by atoms with Crippen molar-refractivity contribution >= 4 is 5.97 Å². The molecule has 0 aliphatic heterocycles. The molecule has 94 valence electrons. The number of ether oxygens (including phenoxy) is 3. The van der Waals surface area contributed by atoms with Gasteiger partial charge in [-0.1, -0.05) is 12.1 Å². The Balaban J connectivity index is 2.80. The van der Waals surface area contributed by atoms with Gasteiger partial charge in [0.1, 0.15) is 0 Å². The quantitative estimate of drug-likeness (QED) is 0.783. The van der Waals surface area contributed by atoms with Crippen LogP contribution in [-0.4, -0.2) is 37.5 Å². The van der Waals surface area contributed by atoms with Crippen molar-refractivity contribution in [3.8, 4) is 11.5 Å². The zero-order chi connectivity index (χ0) is 12.7. The lowest BCUT2D eigenvalue weighted by Gasteiger charge is -2.16. The molecule has 0 saturated heterocycles. The standard InChI is InChI=1S/C12H16O5/c1-3-16-9-6-4-5-7-10(9)17-11(8-15-2)12(13)14/h4-7,11H,3,8H2,1-2H3,(H,13,14). The van der Waals surface area contributed by atoms with Gasteiger partial charge in [-0.15, -0.1) is 0 Å². The van der Waals surface area contributed by atoms with Crippen molar-refractivity contribution in [2.24, 2.45) is 0 Å². The fraction of sp³-hybridized carbons (Fsp3) is 0.417. The van der Waals surface area contributed by atoms with Crippen molar-refractivity contribution in [1.29, 1.82) is 0 Å². The number of carboxylic acid groups (broad SMARTS) is 1. The van der Waals surface area contributed by atoms with E-state index in [2.05, 4.69) is 0 Å². The molecule has 1 atom stereocenters. The van der Waals surface area contributed by atoms with Gasteiger partial charge in [0.05, 0.1) is 13.2 Å². The van der Waals surface area contributed by atoms with Crippen molar-refractivity contribution in [3.63, 3.8) is 0 Å². The average Bonchev–Trinajstić information content (AvgIpc) is 2.31. The van der Waals surface area contributed by atoms with Gasteiger partial charge in [-0.05, 0) is 19.1 Å². The van der Waals surface area contributed by atoms with E-state index in [0.717, 1.165) is 0 Å². The highest BCUT2D eigenvalue weighted by Gasteiger charge is 2.20. The van der Waals surface area contributed by atoms with Crippen molar-refractivity contribution in [2.75, 3.05) is 20.3 Å². The maximum Gasteiger partial charge on any atom is 0.347 e. The fourth-order valence-corrected chi connectivity index (χ4v) is 1.28. The number of carbonyl (C=O) groups is 1. The molecule has 0 spiro atoms. The van der Waals surface area contributed by atoms with Crippen LogP contribution in [0.4, 0.5) is 0 Å². The topological polar surface area (TPSA) is 65.0 Å². The third kappa shape index (κ3) is 3.96. The van der Waals surface area contributed by atoms with Crippen LogP contribution in [0.25, 0.3) is 0 Å². The third-order valence-corrected chi connectivity index (χ3v) is 2.01. The number of hydrogen-bond acceptors (Lipinski definition) is 4. The minimum atomic E-state index is -1.07. The van der Waals surface area contributed by atoms with Crippen LogP contribution >= 0.6 is 0 Å². The maximum atomic E-state index is 10.9. The Hall–Kier alpha value is -1.75. The van der Waals surface area contributed by atoms with Gasteiger partial charge in [0.15, 0.2) is 11.5 Å². The molecule has 17 heavy (non-hydrogen) atoms. The molecule has 1 aromatic carbocycles. The summed E-state index contributed by atoms with van der Waals surface area (Å²) in [6, 6.07) is 6.94. The lowest BCUT2D eigenvalue weighted by molar-refractivity contribution is -0.147. The van der Waals surface area contributed by atoms with Gasteiger partial charge in [0.25, 0.3) is 0 Å². The van der Waals surface area contributed by atoms with Gasteiger partial charge in [0, 0.05) is 7.11 Å². The molecule has 0 fully saturated rings. The zero-order valence-corrected chi connectivity index (χ0v) is 9.88. The van der Waals surface area contributed by atoms with Gasteiger partial charge in [-0.2, -0.15) is 0 Å². The van der Waals surface area contributed by atoms with Crippen LogP contribution in [0.5, 0.6) is 11.5 Å². The second-order valence-corrected chi connectivity index (χ2v) is 3.28. The minimum Gasteiger partial charge on any atom is -0.490 e. The summed E-state index contributed by atoms with van der Waals surface area (Å²) in [5, 5.41) is 8.94. The highest BCUT2D eigenvalue weighted by molar-refractivity contribution is 5.73. The highest BCUT2D eigenvalue weighted by atomic mass is 16.6. The molecule has 0 aliphatic carbocycles. The lowest BCUT2D eigenvalue weighted by atomic mass is 10.3. The number of para-hydroxylation sites is 2. The van der Waals surface area contributed by atoms with Gasteiger partial charge >= 0.3 is 5.97 Å². The van der Waals surface area contributed by atoms with E-state index < -0.39 is 12.1 Å². The van der Waals surface area contributed by atoms with E-state index >= 15 is 0 Å². The Bertz CT molecular complexity index is 364. The number of carboxylic acids is 1. The smallest absolute Gasteiger partial charge is 0.347 e. The van der Waals surface area contributed by atoms with E-state index in [1.165, 1.54) is 7.11 Å². The number of methoxy groups -OCH3 is 1. The molecule has 5 nitrogen and oxygen atoms in total. The molecule has 1 rings (SSSR count). The minimum absolute atomic E-state index is 0.0181. The first-order chi connectivity index (χ1) is 8.19. The first-order valence-corrected chi connectivity index (χ1v) is 5.29. The van der Waals surface area contributed by atoms with Gasteiger partial charge in [0.2, 0.25) is 6.10 Å². The van der Waals surface area contributed by atoms with Crippen LogP contribution in [0.3, 0.4) is 0 Å². The number of benzene rings is 1. The van der Waals surface area contributed by atoms with Crippen LogP contribution < -0.4 is 9.47 Å². The maximum absolute atomic E-state index is 10.9. The second-order valence-electron chi connectivity index (χ2n) is 3.28. The molecule has 0 bridgehead atoms. The van der Waals surface area contributed by atoms with Crippen LogP contribution in [0.1, 0.15) is 6.92 Å². The molecule has 5 heteroatoms. The Morgan fingerprint density at radius 1 is 1.35 bits per heavy atom. The fourth-order valence-electron chi connectivity index (χ4n) is 1.28. The summed E-state index contributed by atoms with van der Waals surface area (Å²) in [7, 11) is 1.42. The predicted molar refractivity (Wildman–Crippen MR) is 61.5 cm³/mol. The van der Waals surface area contributed by atoms with E-state index in [0.29, 0.717) is 18.1 Å². The normalized spacial score (nSPS) is 11.9. The first kappa shape index (κ1) is 13.3. The van der Waals surface area contributed by atoms with E-state index in [4.69, 9.17) is 19.3 Å². The lowest BCUT2D eigenvalue weighted by Crippen LogP contribution is -2.31. The summed E-state index contributed by atoms with van der Waals surface area (Å²) in [4.78, 5) is 10.9. The SMILES string of the molecule is CCOc1ccccc1OC(COC)C(=O)O. The first-order valence-electron chi connectivity index (χ1n) is 5.29. The molecule has 1 unspecified atom stereocenters. The van der Waals surface area contributed by atoms with E-state index in [9.17, 15) is 4.79 Å². The highest BCUT2D eigenvalue weighted by Crippen LogP contribution is 2.27. The monoisotopic (exact) mass is 240 g/mol. The molecule has 0 saturated carbocycles. The van der Waals surface area contributed by atoms with Gasteiger partial charge in [-0.3, -0.25) is 0 Å². The molecule has 0 amide bonds. The summed E-state index contributed by atoms with van der Waals surface area (Å²) >= 11 is 0. The predicted octanol–water partition coefficient (Wildman–Crippen LogP) is 1.56. The van der Waals surface area contributed by atoms with Crippen LogP contribution in [0.2, 0.25) is 0 Å². The van der Waals surface area contributed by atoms with E-state index in [-0.39, 0.29) is 6.61 Å². The molecule has 0 radical (unpaired) electrons. The Labute approximate surface area is 99.9 Å². The van der Waals surface area contributed by atoms with Crippen molar-refractivity contribution in [3.05, 3.63) is 24.3 Å². The average molecular weight is 240 g/mol. The third-order valence-electron chi connectivity index (χ3n) is 2.01. The molecule has 0 aliphatic rings. The van der Waals surface area contributed by atoms with Gasteiger partial charge < -0.3 is 19.3 Å². The number of rotatable bonds is 7. The molecular weight excluding hydrogens is 224 g/mol. The Kier molecular flexibility index (Phi) is 5.29. The van der Waals surface area contributed by atoms with E-state index in [1.807, 2.05) is 6.92 Å². The zero-order valence-electron chi connectivity index (χ0n) is 9.88. The summed E-state index contributed by atoms with van der Waals surface area (Å²) in [5.74, 6) is -0.144.